The maximum atomic E-state index is 12.1. The van der Waals surface area contributed by atoms with Gasteiger partial charge in [-0.15, -0.1) is 0 Å². The average molecular weight is 338 g/mol. The molecular formula is C14H12BrNO4. The first-order valence-electron chi connectivity index (χ1n) is 5.91. The second-order valence-corrected chi connectivity index (χ2v) is 5.17. The summed E-state index contributed by atoms with van der Waals surface area (Å²) < 4.78 is 10.7. The zero-order valence-corrected chi connectivity index (χ0v) is 12.5. The summed E-state index contributed by atoms with van der Waals surface area (Å²) in [7, 11) is 0. The minimum Gasteiger partial charge on any atom is -0.448 e. The number of Topliss-reactive ketones (excluding diaryl/α,β-unsaturated/α-hetero) is 1. The first-order valence-corrected chi connectivity index (χ1v) is 6.71. The lowest BCUT2D eigenvalue weighted by Gasteiger charge is -2.11. The highest BCUT2D eigenvalue weighted by Gasteiger charge is 2.22. The van der Waals surface area contributed by atoms with Crippen molar-refractivity contribution < 1.29 is 18.8 Å². The number of carbonyl (C=O) groups is 2. The fraction of sp³-hybridized carbons (Fsp3) is 0.214. The van der Waals surface area contributed by atoms with Crippen LogP contribution in [0.4, 0.5) is 0 Å². The molecule has 5 nitrogen and oxygen atoms in total. The summed E-state index contributed by atoms with van der Waals surface area (Å²) in [4.78, 5) is 23.8. The number of hydrogen-bond acceptors (Lipinski definition) is 5. The van der Waals surface area contributed by atoms with Crippen LogP contribution in [0.15, 0.2) is 39.3 Å². The van der Waals surface area contributed by atoms with Gasteiger partial charge in [-0.1, -0.05) is 33.2 Å². The second-order valence-electron chi connectivity index (χ2n) is 4.25. The van der Waals surface area contributed by atoms with Crippen LogP contribution in [0, 0.1) is 6.92 Å². The summed E-state index contributed by atoms with van der Waals surface area (Å²) in [5, 5.41) is 3.59. The van der Waals surface area contributed by atoms with Crippen LogP contribution in [0.1, 0.15) is 33.5 Å². The molecule has 0 aliphatic heterocycles. The van der Waals surface area contributed by atoms with E-state index in [1.165, 1.54) is 13.0 Å². The minimum atomic E-state index is -0.894. The number of aryl methyl sites for hydroxylation is 1. The highest BCUT2D eigenvalue weighted by molar-refractivity contribution is 9.10. The molecule has 1 aromatic carbocycles. The first-order chi connectivity index (χ1) is 9.47. The maximum absolute atomic E-state index is 12.1. The smallest absolute Gasteiger partial charge is 0.377 e. The molecule has 0 radical (unpaired) electrons. The van der Waals surface area contributed by atoms with E-state index in [1.807, 2.05) is 0 Å². The van der Waals surface area contributed by atoms with Crippen LogP contribution in [0.5, 0.6) is 0 Å². The number of nitrogens with zero attached hydrogens (tertiary/aromatic N) is 1. The van der Waals surface area contributed by atoms with Crippen molar-refractivity contribution in [2.75, 3.05) is 0 Å². The van der Waals surface area contributed by atoms with Gasteiger partial charge < -0.3 is 9.26 Å². The molecule has 1 aromatic heterocycles. The van der Waals surface area contributed by atoms with Crippen molar-refractivity contribution >= 4 is 27.7 Å². The third kappa shape index (κ3) is 3.33. The molecule has 20 heavy (non-hydrogen) atoms. The molecule has 0 N–H and O–H groups in total. The van der Waals surface area contributed by atoms with Gasteiger partial charge in [-0.25, -0.2) is 4.79 Å². The van der Waals surface area contributed by atoms with Crippen LogP contribution in [0.25, 0.3) is 0 Å². The lowest BCUT2D eigenvalue weighted by atomic mass is 10.1. The number of halogens is 1. The Bertz CT molecular complexity index is 633. The van der Waals surface area contributed by atoms with Gasteiger partial charge in [-0.05, 0) is 26.0 Å². The number of carbonyl (C=O) groups excluding carboxylic acids is 2. The minimum absolute atomic E-state index is 0.0158. The van der Waals surface area contributed by atoms with E-state index in [0.717, 1.165) is 4.47 Å². The maximum Gasteiger partial charge on any atom is 0.377 e. The summed E-state index contributed by atoms with van der Waals surface area (Å²) in [6.07, 6.45) is -0.894. The summed E-state index contributed by atoms with van der Waals surface area (Å²) in [6.45, 7) is 3.21. The Balaban J connectivity index is 2.04. The van der Waals surface area contributed by atoms with Gasteiger partial charge >= 0.3 is 5.97 Å². The normalized spacial score (nSPS) is 11.9. The number of hydrogen-bond donors (Lipinski definition) is 0. The Morgan fingerprint density at radius 2 is 1.95 bits per heavy atom. The Hall–Kier alpha value is -1.95. The lowest BCUT2D eigenvalue weighted by Crippen LogP contribution is -2.24. The molecule has 0 bridgehead atoms. The number of benzene rings is 1. The Morgan fingerprint density at radius 3 is 2.50 bits per heavy atom. The molecular weight excluding hydrogens is 326 g/mol. The summed E-state index contributed by atoms with van der Waals surface area (Å²) in [6, 6.07) is 8.28. The standard InChI is InChI=1S/C14H12BrNO4/c1-8-7-12(20-16-8)14(18)19-9(2)13(17)10-3-5-11(15)6-4-10/h3-7,9H,1-2H3/t9-/m0/s1. The van der Waals surface area contributed by atoms with Gasteiger partial charge in [-0.2, -0.15) is 0 Å². The van der Waals surface area contributed by atoms with E-state index >= 15 is 0 Å². The monoisotopic (exact) mass is 337 g/mol. The van der Waals surface area contributed by atoms with Gasteiger partial charge in [0.1, 0.15) is 0 Å². The molecule has 0 aliphatic carbocycles. The fourth-order valence-electron chi connectivity index (χ4n) is 1.58. The van der Waals surface area contributed by atoms with E-state index in [1.54, 1.807) is 31.2 Å². The van der Waals surface area contributed by atoms with Crippen LogP contribution in [-0.2, 0) is 4.74 Å². The van der Waals surface area contributed by atoms with Crippen LogP contribution in [0.2, 0.25) is 0 Å². The number of rotatable bonds is 4. The van der Waals surface area contributed by atoms with E-state index in [9.17, 15) is 9.59 Å². The SMILES string of the molecule is Cc1cc(C(=O)O[C@@H](C)C(=O)c2ccc(Br)cc2)on1. The average Bonchev–Trinajstić information content (AvgIpc) is 2.85. The molecule has 0 fully saturated rings. The molecule has 6 heteroatoms. The third-order valence-corrected chi connectivity index (χ3v) is 3.14. The van der Waals surface area contributed by atoms with Crippen molar-refractivity contribution in [3.8, 4) is 0 Å². The zero-order valence-electron chi connectivity index (χ0n) is 10.9. The van der Waals surface area contributed by atoms with Crippen LogP contribution >= 0.6 is 15.9 Å². The second kappa shape index (κ2) is 6.00. The van der Waals surface area contributed by atoms with Crippen LogP contribution < -0.4 is 0 Å². The molecule has 0 aliphatic rings. The van der Waals surface area contributed by atoms with E-state index < -0.39 is 12.1 Å². The van der Waals surface area contributed by atoms with Crippen LogP contribution in [-0.4, -0.2) is 23.0 Å². The van der Waals surface area contributed by atoms with Crippen LogP contribution in [0.3, 0.4) is 0 Å². The van der Waals surface area contributed by atoms with E-state index in [2.05, 4.69) is 21.1 Å². The topological polar surface area (TPSA) is 69.4 Å². The molecule has 2 rings (SSSR count). The van der Waals surface area contributed by atoms with Gasteiger partial charge in [0.2, 0.25) is 11.5 Å². The summed E-state index contributed by atoms with van der Waals surface area (Å²) in [5.41, 5.74) is 1.05. The molecule has 0 amide bonds. The largest absolute Gasteiger partial charge is 0.448 e. The molecule has 0 spiro atoms. The third-order valence-electron chi connectivity index (χ3n) is 2.61. The Morgan fingerprint density at radius 1 is 1.30 bits per heavy atom. The molecule has 104 valence electrons. The highest BCUT2D eigenvalue weighted by atomic mass is 79.9. The van der Waals surface area contributed by atoms with E-state index in [0.29, 0.717) is 11.3 Å². The van der Waals surface area contributed by atoms with E-state index in [4.69, 9.17) is 9.26 Å². The zero-order chi connectivity index (χ0) is 14.7. The first kappa shape index (κ1) is 14.5. The molecule has 0 saturated carbocycles. The van der Waals surface area contributed by atoms with Gasteiger partial charge in [-0.3, -0.25) is 4.79 Å². The van der Waals surface area contributed by atoms with Crippen molar-refractivity contribution in [2.45, 2.75) is 20.0 Å². The number of esters is 1. The van der Waals surface area contributed by atoms with Crippen molar-refractivity contribution in [1.82, 2.24) is 5.16 Å². The van der Waals surface area contributed by atoms with Crippen molar-refractivity contribution in [3.05, 3.63) is 51.8 Å². The van der Waals surface area contributed by atoms with Gasteiger partial charge in [0, 0.05) is 16.1 Å². The van der Waals surface area contributed by atoms with Crippen molar-refractivity contribution in [1.29, 1.82) is 0 Å². The lowest BCUT2D eigenvalue weighted by molar-refractivity contribution is 0.0281. The summed E-state index contributed by atoms with van der Waals surface area (Å²) in [5.74, 6) is -0.997. The Kier molecular flexibility index (Phi) is 4.34. The number of ketones is 1. The van der Waals surface area contributed by atoms with Gasteiger partial charge in [0.25, 0.3) is 0 Å². The van der Waals surface area contributed by atoms with Crippen molar-refractivity contribution in [3.63, 3.8) is 0 Å². The quantitative estimate of drug-likeness (QED) is 0.633. The number of ether oxygens (including phenoxy) is 1. The predicted octanol–water partition coefficient (Wildman–Crippen LogP) is 3.17. The molecule has 1 heterocycles. The Labute approximate surface area is 124 Å². The van der Waals surface area contributed by atoms with Crippen molar-refractivity contribution in [2.24, 2.45) is 0 Å². The number of aromatic nitrogens is 1. The van der Waals surface area contributed by atoms with E-state index in [-0.39, 0.29) is 11.5 Å². The predicted molar refractivity (Wildman–Crippen MR) is 74.6 cm³/mol. The molecule has 2 aromatic rings. The summed E-state index contributed by atoms with van der Waals surface area (Å²) >= 11 is 3.29. The molecule has 1 atom stereocenters. The highest BCUT2D eigenvalue weighted by Crippen LogP contribution is 2.14. The van der Waals surface area contributed by atoms with Gasteiger partial charge in [0.15, 0.2) is 6.10 Å². The fourth-order valence-corrected chi connectivity index (χ4v) is 1.85. The molecule has 0 saturated heterocycles. The van der Waals surface area contributed by atoms with Gasteiger partial charge in [0.05, 0.1) is 5.69 Å². The molecule has 0 unspecified atom stereocenters.